The molecule has 2 aliphatic carbocycles. The summed E-state index contributed by atoms with van der Waals surface area (Å²) in [5.41, 5.74) is 1.12. The van der Waals surface area contributed by atoms with E-state index in [1.54, 1.807) is 0 Å². The number of ketones is 1. The van der Waals surface area contributed by atoms with E-state index >= 15 is 0 Å². The van der Waals surface area contributed by atoms with Gasteiger partial charge >= 0.3 is 0 Å². The van der Waals surface area contributed by atoms with E-state index < -0.39 is 0 Å². The Labute approximate surface area is 90.7 Å². The van der Waals surface area contributed by atoms with Crippen molar-refractivity contribution in [3.63, 3.8) is 0 Å². The van der Waals surface area contributed by atoms with Crippen molar-refractivity contribution in [3.05, 3.63) is 11.6 Å². The maximum absolute atomic E-state index is 11.5. The highest BCUT2D eigenvalue weighted by atomic mass is 16.5. The molecule has 2 bridgehead atoms. The van der Waals surface area contributed by atoms with E-state index in [0.29, 0.717) is 24.2 Å². The van der Waals surface area contributed by atoms with Crippen LogP contribution in [0, 0.1) is 11.8 Å². The summed E-state index contributed by atoms with van der Waals surface area (Å²) in [5, 5.41) is 0. The van der Waals surface area contributed by atoms with Crippen LogP contribution in [0.5, 0.6) is 0 Å². The minimum absolute atomic E-state index is 0.0593. The third-order valence-electron chi connectivity index (χ3n) is 4.66. The molecule has 2 heteroatoms. The molecule has 4 atom stereocenters. The Morgan fingerprint density at radius 3 is 3.07 bits per heavy atom. The molecule has 1 spiro atoms. The third kappa shape index (κ3) is 1.17. The van der Waals surface area contributed by atoms with Crippen molar-refractivity contribution in [3.8, 4) is 0 Å². The summed E-state index contributed by atoms with van der Waals surface area (Å²) < 4.78 is 6.22. The Morgan fingerprint density at radius 2 is 2.27 bits per heavy atom. The minimum atomic E-state index is -0.0593. The van der Waals surface area contributed by atoms with Gasteiger partial charge in [-0.2, -0.15) is 0 Å². The van der Waals surface area contributed by atoms with Crippen LogP contribution >= 0.6 is 0 Å². The second kappa shape index (κ2) is 2.94. The van der Waals surface area contributed by atoms with Crippen LogP contribution in [0.3, 0.4) is 0 Å². The van der Waals surface area contributed by atoms with Crippen molar-refractivity contribution in [1.82, 2.24) is 0 Å². The van der Waals surface area contributed by atoms with Crippen LogP contribution in [0.4, 0.5) is 0 Å². The molecule has 0 amide bonds. The van der Waals surface area contributed by atoms with Gasteiger partial charge in [-0.3, -0.25) is 4.79 Å². The van der Waals surface area contributed by atoms with Gasteiger partial charge in [-0.15, -0.1) is 0 Å². The summed E-state index contributed by atoms with van der Waals surface area (Å²) in [6.45, 7) is 4.26. The van der Waals surface area contributed by atoms with Crippen molar-refractivity contribution in [2.24, 2.45) is 11.8 Å². The molecule has 0 aromatic heterocycles. The average Bonchev–Trinajstić information content (AvgIpc) is 2.44. The number of ether oxygens (including phenoxy) is 1. The van der Waals surface area contributed by atoms with Crippen molar-refractivity contribution in [2.45, 2.75) is 51.2 Å². The molecule has 0 radical (unpaired) electrons. The van der Waals surface area contributed by atoms with Crippen molar-refractivity contribution in [2.75, 3.05) is 0 Å². The number of carbonyl (C=O) groups excluding carboxylic acids is 1. The Bertz CT molecular complexity index is 340. The number of rotatable bonds is 0. The standard InChI is InChI=1S/C13H18O2/c1-8-5-12(14)6-11-4-3-10-7-13(8,11)15-9(10)2/h5,9-11H,3-4,6-7H2,1-2H3. The van der Waals surface area contributed by atoms with Crippen molar-refractivity contribution in [1.29, 1.82) is 0 Å². The highest BCUT2D eigenvalue weighted by Crippen LogP contribution is 2.54. The van der Waals surface area contributed by atoms with Gasteiger partial charge in [0, 0.05) is 6.42 Å². The smallest absolute Gasteiger partial charge is 0.156 e. The van der Waals surface area contributed by atoms with E-state index in [2.05, 4.69) is 13.8 Å². The van der Waals surface area contributed by atoms with Gasteiger partial charge < -0.3 is 4.74 Å². The normalized spacial score (nSPS) is 48.8. The molecule has 2 fully saturated rings. The van der Waals surface area contributed by atoms with E-state index in [0.717, 1.165) is 12.3 Å². The van der Waals surface area contributed by atoms with E-state index in [1.165, 1.54) is 18.4 Å². The Kier molecular flexibility index (Phi) is 1.88. The molecule has 82 valence electrons. The van der Waals surface area contributed by atoms with Gasteiger partial charge in [0.2, 0.25) is 0 Å². The molecular formula is C13H18O2. The molecule has 0 aromatic rings. The zero-order valence-electron chi connectivity index (χ0n) is 9.45. The van der Waals surface area contributed by atoms with Crippen LogP contribution in [-0.2, 0) is 9.53 Å². The zero-order chi connectivity index (χ0) is 10.6. The molecule has 0 N–H and O–H groups in total. The molecule has 0 aromatic carbocycles. The van der Waals surface area contributed by atoms with Crippen LogP contribution in [0.15, 0.2) is 11.6 Å². The lowest BCUT2D eigenvalue weighted by atomic mass is 9.65. The lowest BCUT2D eigenvalue weighted by molar-refractivity contribution is -0.121. The van der Waals surface area contributed by atoms with Gasteiger partial charge in [-0.1, -0.05) is 0 Å². The second-order valence-electron chi connectivity index (χ2n) is 5.45. The summed E-state index contributed by atoms with van der Waals surface area (Å²) in [5.74, 6) is 1.47. The number of allylic oxidation sites excluding steroid dienone is 1. The van der Waals surface area contributed by atoms with Crippen LogP contribution < -0.4 is 0 Å². The SMILES string of the molecule is CC1=CC(=O)CC2CCC3CC12OC3C. The number of carbonyl (C=O) groups is 1. The van der Waals surface area contributed by atoms with Gasteiger partial charge in [0.25, 0.3) is 0 Å². The van der Waals surface area contributed by atoms with Gasteiger partial charge in [0.15, 0.2) is 5.78 Å². The summed E-state index contributed by atoms with van der Waals surface area (Å²) in [4.78, 5) is 11.5. The predicted molar refractivity (Wildman–Crippen MR) is 57.5 cm³/mol. The first-order valence-corrected chi connectivity index (χ1v) is 6.01. The largest absolute Gasteiger partial charge is 0.367 e. The molecule has 1 aliphatic heterocycles. The Balaban J connectivity index is 2.04. The fraction of sp³-hybridized carbons (Fsp3) is 0.769. The van der Waals surface area contributed by atoms with E-state index in [1.807, 2.05) is 6.08 Å². The van der Waals surface area contributed by atoms with Crippen LogP contribution in [0.2, 0.25) is 0 Å². The maximum atomic E-state index is 11.5. The molecule has 3 rings (SSSR count). The van der Waals surface area contributed by atoms with Gasteiger partial charge in [-0.05, 0) is 56.6 Å². The molecule has 4 unspecified atom stereocenters. The van der Waals surface area contributed by atoms with E-state index in [9.17, 15) is 4.79 Å². The zero-order valence-corrected chi connectivity index (χ0v) is 9.45. The Hall–Kier alpha value is -0.630. The molecular weight excluding hydrogens is 188 g/mol. The molecule has 1 heterocycles. The molecule has 1 saturated heterocycles. The molecule has 2 nitrogen and oxygen atoms in total. The number of hydrogen-bond donors (Lipinski definition) is 0. The Morgan fingerprint density at radius 1 is 1.47 bits per heavy atom. The average molecular weight is 206 g/mol. The van der Waals surface area contributed by atoms with E-state index in [-0.39, 0.29) is 5.60 Å². The van der Waals surface area contributed by atoms with Crippen LogP contribution in [-0.4, -0.2) is 17.5 Å². The summed E-state index contributed by atoms with van der Waals surface area (Å²) in [6.07, 6.45) is 6.47. The maximum Gasteiger partial charge on any atom is 0.156 e. The minimum Gasteiger partial charge on any atom is -0.367 e. The van der Waals surface area contributed by atoms with Gasteiger partial charge in [-0.25, -0.2) is 0 Å². The first kappa shape index (κ1) is 9.59. The lowest BCUT2D eigenvalue weighted by Crippen LogP contribution is -2.44. The second-order valence-corrected chi connectivity index (χ2v) is 5.45. The molecule has 15 heavy (non-hydrogen) atoms. The van der Waals surface area contributed by atoms with Crippen molar-refractivity contribution >= 4 is 5.78 Å². The quantitative estimate of drug-likeness (QED) is 0.608. The summed E-state index contributed by atoms with van der Waals surface area (Å²) in [7, 11) is 0. The molecule has 1 saturated carbocycles. The highest BCUT2D eigenvalue weighted by molar-refractivity contribution is 5.92. The monoisotopic (exact) mass is 206 g/mol. The summed E-state index contributed by atoms with van der Waals surface area (Å²) >= 11 is 0. The first-order chi connectivity index (χ1) is 7.12. The molecule has 3 aliphatic rings. The van der Waals surface area contributed by atoms with Gasteiger partial charge in [0.1, 0.15) is 0 Å². The third-order valence-corrected chi connectivity index (χ3v) is 4.66. The number of fused-ring (bicyclic) bond motifs is 1. The fourth-order valence-electron chi connectivity index (χ4n) is 3.79. The van der Waals surface area contributed by atoms with Crippen molar-refractivity contribution < 1.29 is 9.53 Å². The fourth-order valence-corrected chi connectivity index (χ4v) is 3.79. The topological polar surface area (TPSA) is 26.3 Å². The number of hydrogen-bond acceptors (Lipinski definition) is 2. The van der Waals surface area contributed by atoms with E-state index in [4.69, 9.17) is 4.74 Å². The van der Waals surface area contributed by atoms with Crippen LogP contribution in [0.25, 0.3) is 0 Å². The lowest BCUT2D eigenvalue weighted by Gasteiger charge is -2.42. The summed E-state index contributed by atoms with van der Waals surface area (Å²) in [6, 6.07) is 0. The van der Waals surface area contributed by atoms with Crippen LogP contribution in [0.1, 0.15) is 39.5 Å². The first-order valence-electron chi connectivity index (χ1n) is 6.01. The van der Waals surface area contributed by atoms with Gasteiger partial charge in [0.05, 0.1) is 11.7 Å². The highest BCUT2D eigenvalue weighted by Gasteiger charge is 2.55. The predicted octanol–water partition coefficient (Wildman–Crippen LogP) is 2.48.